The van der Waals surface area contributed by atoms with Crippen molar-refractivity contribution in [2.75, 3.05) is 10.2 Å². The molecule has 0 saturated carbocycles. The summed E-state index contributed by atoms with van der Waals surface area (Å²) in [6, 6.07) is 55.8. The average Bonchev–Trinajstić information content (AvgIpc) is 3.11. The van der Waals surface area contributed by atoms with Crippen LogP contribution < -0.4 is 10.2 Å². The van der Waals surface area contributed by atoms with E-state index in [1.807, 2.05) is 0 Å². The van der Waals surface area contributed by atoms with Crippen molar-refractivity contribution >= 4 is 60.8 Å². The zero-order valence-electron chi connectivity index (χ0n) is 27.9. The number of nitrogens with one attached hydrogen (secondary N) is 1. The Hall–Kier alpha value is -5.86. The van der Waals surface area contributed by atoms with E-state index in [-0.39, 0.29) is 0 Å². The van der Waals surface area contributed by atoms with Gasteiger partial charge >= 0.3 is 0 Å². The van der Waals surface area contributed by atoms with E-state index in [0.717, 1.165) is 22.7 Å². The van der Waals surface area contributed by atoms with E-state index in [0.29, 0.717) is 0 Å². The highest BCUT2D eigenvalue weighted by atomic mass is 15.1. The first-order valence-electron chi connectivity index (χ1n) is 16.7. The van der Waals surface area contributed by atoms with E-state index < -0.39 is 0 Å². The van der Waals surface area contributed by atoms with E-state index in [1.165, 1.54) is 71.4 Å². The lowest BCUT2D eigenvalue weighted by molar-refractivity contribution is 1.29. The van der Waals surface area contributed by atoms with E-state index in [2.05, 4.69) is 190 Å². The number of nitrogens with zero attached hydrogens (tertiary/aromatic N) is 1. The summed E-state index contributed by atoms with van der Waals surface area (Å²) >= 11 is 0. The first kappa shape index (κ1) is 29.5. The van der Waals surface area contributed by atoms with Crippen LogP contribution in [0.5, 0.6) is 0 Å². The van der Waals surface area contributed by atoms with Crippen LogP contribution >= 0.6 is 0 Å². The van der Waals surface area contributed by atoms with Gasteiger partial charge in [0.25, 0.3) is 0 Å². The van der Waals surface area contributed by atoms with Crippen molar-refractivity contribution in [2.45, 2.75) is 27.7 Å². The summed E-state index contributed by atoms with van der Waals surface area (Å²) in [6.07, 6.45) is 0. The third-order valence-electron chi connectivity index (χ3n) is 9.47. The smallest absolute Gasteiger partial charge is 0.0619 e. The molecule has 0 bridgehead atoms. The van der Waals surface area contributed by atoms with Crippen molar-refractivity contribution in [3.8, 4) is 11.1 Å². The molecule has 0 aliphatic rings. The molecule has 48 heavy (non-hydrogen) atoms. The topological polar surface area (TPSA) is 15.3 Å². The Balaban J connectivity index is 1.51. The van der Waals surface area contributed by atoms with Gasteiger partial charge in [-0.3, -0.25) is 0 Å². The van der Waals surface area contributed by atoms with Crippen LogP contribution in [-0.4, -0.2) is 0 Å². The molecule has 0 fully saturated rings. The summed E-state index contributed by atoms with van der Waals surface area (Å²) in [5, 5.41) is 11.0. The van der Waals surface area contributed by atoms with Crippen LogP contribution in [0.15, 0.2) is 152 Å². The lowest BCUT2D eigenvalue weighted by Crippen LogP contribution is -2.11. The van der Waals surface area contributed by atoms with Crippen LogP contribution in [0.2, 0.25) is 0 Å². The van der Waals surface area contributed by atoms with Gasteiger partial charge in [0.15, 0.2) is 0 Å². The van der Waals surface area contributed by atoms with Crippen molar-refractivity contribution in [3.05, 3.63) is 174 Å². The lowest BCUT2D eigenvalue weighted by Gasteiger charge is -2.29. The Kier molecular flexibility index (Phi) is 7.42. The Labute approximate surface area is 282 Å². The zero-order valence-corrected chi connectivity index (χ0v) is 27.9. The van der Waals surface area contributed by atoms with Gasteiger partial charge in [-0.2, -0.15) is 0 Å². The maximum Gasteiger partial charge on any atom is 0.0619 e. The predicted molar refractivity (Wildman–Crippen MR) is 208 cm³/mol. The molecule has 0 saturated heterocycles. The highest BCUT2D eigenvalue weighted by Crippen LogP contribution is 2.48. The number of aryl methyl sites for hydroxylation is 4. The lowest BCUT2D eigenvalue weighted by atomic mass is 9.92. The molecule has 8 aromatic carbocycles. The van der Waals surface area contributed by atoms with Crippen LogP contribution in [0, 0.1) is 27.7 Å². The highest BCUT2D eigenvalue weighted by molar-refractivity contribution is 6.23. The minimum atomic E-state index is 1.07. The van der Waals surface area contributed by atoms with Gasteiger partial charge in [0.2, 0.25) is 0 Å². The molecule has 0 radical (unpaired) electrons. The third kappa shape index (κ3) is 5.46. The second-order valence-corrected chi connectivity index (χ2v) is 13.1. The number of hydrogen-bond donors (Lipinski definition) is 1. The predicted octanol–water partition coefficient (Wildman–Crippen LogP) is 13.3. The maximum atomic E-state index is 3.87. The molecule has 2 heteroatoms. The van der Waals surface area contributed by atoms with Gasteiger partial charge in [-0.25, -0.2) is 0 Å². The van der Waals surface area contributed by atoms with E-state index in [1.54, 1.807) is 0 Å². The average molecular weight is 619 g/mol. The van der Waals surface area contributed by atoms with Crippen molar-refractivity contribution in [1.29, 1.82) is 0 Å². The Morgan fingerprint density at radius 2 is 0.896 bits per heavy atom. The van der Waals surface area contributed by atoms with Crippen molar-refractivity contribution in [3.63, 3.8) is 0 Å². The van der Waals surface area contributed by atoms with Crippen LogP contribution in [0.4, 0.5) is 28.4 Å². The van der Waals surface area contributed by atoms with Gasteiger partial charge in [-0.15, -0.1) is 0 Å². The molecule has 0 unspecified atom stereocenters. The molecule has 0 aliphatic heterocycles. The van der Waals surface area contributed by atoms with Crippen LogP contribution in [0.1, 0.15) is 22.3 Å². The first-order chi connectivity index (χ1) is 23.4. The molecule has 232 valence electrons. The molecule has 0 atom stereocenters. The van der Waals surface area contributed by atoms with Crippen molar-refractivity contribution < 1.29 is 0 Å². The van der Waals surface area contributed by atoms with Crippen LogP contribution in [0.25, 0.3) is 43.4 Å². The highest BCUT2D eigenvalue weighted by Gasteiger charge is 2.22. The van der Waals surface area contributed by atoms with Crippen LogP contribution in [-0.2, 0) is 0 Å². The molecule has 8 rings (SSSR count). The van der Waals surface area contributed by atoms with E-state index in [4.69, 9.17) is 0 Å². The second kappa shape index (κ2) is 12.1. The van der Waals surface area contributed by atoms with Gasteiger partial charge in [0, 0.05) is 38.6 Å². The quantitative estimate of drug-likeness (QED) is 0.187. The van der Waals surface area contributed by atoms with Gasteiger partial charge in [-0.05, 0) is 104 Å². The summed E-state index contributed by atoms with van der Waals surface area (Å²) < 4.78 is 0. The Morgan fingerprint density at radius 3 is 1.52 bits per heavy atom. The number of benzene rings is 8. The fourth-order valence-electron chi connectivity index (χ4n) is 6.77. The molecular formula is C46H38N2. The molecule has 0 aromatic heterocycles. The minimum Gasteiger partial charge on any atom is -0.355 e. The van der Waals surface area contributed by atoms with Crippen molar-refractivity contribution in [2.24, 2.45) is 0 Å². The number of fused-ring (bicyclic) bond motifs is 3. The normalized spacial score (nSPS) is 11.3. The van der Waals surface area contributed by atoms with Crippen LogP contribution in [0.3, 0.4) is 0 Å². The van der Waals surface area contributed by atoms with E-state index in [9.17, 15) is 0 Å². The molecule has 0 amide bonds. The summed E-state index contributed by atoms with van der Waals surface area (Å²) in [6.45, 7) is 8.57. The van der Waals surface area contributed by atoms with Gasteiger partial charge in [0.1, 0.15) is 0 Å². The molecule has 8 aromatic rings. The standard InChI is InChI=1S/C46H38N2/c1-30-9-17-34(18-10-30)35-19-20-37-28-43-44(29-36-7-5-6-8-41(36)45(43)47-38-21-11-31(2)12-22-38)46(42(37)27-35)48(39-23-13-32(3)14-24-39)40-25-15-33(4)16-26-40/h5-29,47H,1-4H3. The van der Waals surface area contributed by atoms with Gasteiger partial charge < -0.3 is 10.2 Å². The maximum absolute atomic E-state index is 3.87. The molecule has 0 spiro atoms. The number of hydrogen-bond acceptors (Lipinski definition) is 2. The molecule has 2 nitrogen and oxygen atoms in total. The Bertz CT molecular complexity index is 2370. The molecular weight excluding hydrogens is 581 g/mol. The minimum absolute atomic E-state index is 1.07. The fourth-order valence-corrected chi connectivity index (χ4v) is 6.77. The summed E-state index contributed by atoms with van der Waals surface area (Å²) in [5.74, 6) is 0. The number of anilines is 5. The molecule has 1 N–H and O–H groups in total. The van der Waals surface area contributed by atoms with Crippen molar-refractivity contribution in [1.82, 2.24) is 0 Å². The third-order valence-corrected chi connectivity index (χ3v) is 9.47. The fraction of sp³-hybridized carbons (Fsp3) is 0.0870. The summed E-state index contributed by atoms with van der Waals surface area (Å²) in [4.78, 5) is 2.45. The number of rotatable bonds is 6. The summed E-state index contributed by atoms with van der Waals surface area (Å²) in [7, 11) is 0. The molecule has 0 heterocycles. The first-order valence-corrected chi connectivity index (χ1v) is 16.7. The zero-order chi connectivity index (χ0) is 32.8. The SMILES string of the molecule is Cc1ccc(Nc2c3ccccc3cc3c(N(c4ccc(C)cc4)c4ccc(C)cc4)c4cc(-c5ccc(C)cc5)ccc4cc23)cc1. The second-order valence-electron chi connectivity index (χ2n) is 13.1. The Morgan fingerprint density at radius 1 is 0.396 bits per heavy atom. The van der Waals surface area contributed by atoms with Gasteiger partial charge in [0.05, 0.1) is 11.4 Å². The van der Waals surface area contributed by atoms with Gasteiger partial charge in [-0.1, -0.05) is 119 Å². The molecule has 0 aliphatic carbocycles. The summed E-state index contributed by atoms with van der Waals surface area (Å²) in [5.41, 5.74) is 13.0. The monoisotopic (exact) mass is 618 g/mol. The van der Waals surface area contributed by atoms with E-state index >= 15 is 0 Å². The largest absolute Gasteiger partial charge is 0.355 e.